The lowest BCUT2D eigenvalue weighted by molar-refractivity contribution is 0.103. The summed E-state index contributed by atoms with van der Waals surface area (Å²) < 4.78 is 0. The monoisotopic (exact) mass is 300 g/mol. The Labute approximate surface area is 129 Å². The number of hydrogen-bond acceptors (Lipinski definition) is 3. The fraction of sp³-hybridized carbons (Fsp3) is 0.412. The lowest BCUT2D eigenvalue weighted by atomic mass is 10.00. The van der Waals surface area contributed by atoms with Crippen molar-refractivity contribution in [3.05, 3.63) is 45.3 Å². The van der Waals surface area contributed by atoms with E-state index in [0.717, 1.165) is 23.4 Å². The highest BCUT2D eigenvalue weighted by Crippen LogP contribution is 2.28. The lowest BCUT2D eigenvalue weighted by Crippen LogP contribution is -2.11. The number of carbonyl (C=O) groups is 1. The van der Waals surface area contributed by atoms with E-state index in [0.29, 0.717) is 5.82 Å². The van der Waals surface area contributed by atoms with Gasteiger partial charge in [-0.2, -0.15) is 0 Å². The van der Waals surface area contributed by atoms with Crippen molar-refractivity contribution in [1.82, 2.24) is 4.98 Å². The Kier molecular flexibility index (Phi) is 4.34. The summed E-state index contributed by atoms with van der Waals surface area (Å²) in [5, 5.41) is 2.90. The first kappa shape index (κ1) is 14.3. The zero-order valence-corrected chi connectivity index (χ0v) is 13.1. The molecule has 0 aliphatic heterocycles. The maximum atomic E-state index is 12.4. The molecule has 4 heteroatoms. The van der Waals surface area contributed by atoms with Gasteiger partial charge in [-0.1, -0.05) is 18.9 Å². The molecule has 0 saturated carbocycles. The molecule has 2 heterocycles. The maximum Gasteiger partial charge on any atom is 0.266 e. The Bertz CT molecular complexity index is 622. The van der Waals surface area contributed by atoms with Gasteiger partial charge in [0.15, 0.2) is 0 Å². The van der Waals surface area contributed by atoms with Crippen LogP contribution >= 0.6 is 11.3 Å². The van der Waals surface area contributed by atoms with Gasteiger partial charge >= 0.3 is 0 Å². The normalized spacial score (nSPS) is 14.9. The Morgan fingerprint density at radius 3 is 2.81 bits per heavy atom. The van der Waals surface area contributed by atoms with Crippen LogP contribution in [0.5, 0.6) is 0 Å². The van der Waals surface area contributed by atoms with Crippen LogP contribution in [0.1, 0.15) is 51.5 Å². The predicted molar refractivity (Wildman–Crippen MR) is 87.1 cm³/mol. The third-order valence-electron chi connectivity index (χ3n) is 3.85. The average molecular weight is 300 g/mol. The number of nitrogens with zero attached hydrogens (tertiary/aromatic N) is 1. The number of rotatable bonds is 2. The lowest BCUT2D eigenvalue weighted by Gasteiger charge is -2.07. The second-order valence-corrected chi connectivity index (χ2v) is 6.73. The molecule has 110 valence electrons. The largest absolute Gasteiger partial charge is 0.306 e. The van der Waals surface area contributed by atoms with Crippen molar-refractivity contribution in [3.8, 4) is 0 Å². The number of aryl methyl sites for hydroxylation is 3. The van der Waals surface area contributed by atoms with E-state index in [2.05, 4.69) is 16.4 Å². The molecule has 1 aliphatic rings. The van der Waals surface area contributed by atoms with Crippen molar-refractivity contribution in [3.63, 3.8) is 0 Å². The van der Waals surface area contributed by atoms with Gasteiger partial charge in [0.25, 0.3) is 5.91 Å². The van der Waals surface area contributed by atoms with Gasteiger partial charge in [0.1, 0.15) is 5.82 Å². The molecule has 2 aromatic rings. The Hall–Kier alpha value is -1.68. The zero-order valence-electron chi connectivity index (χ0n) is 12.3. The minimum Gasteiger partial charge on any atom is -0.306 e. The highest BCUT2D eigenvalue weighted by atomic mass is 32.1. The summed E-state index contributed by atoms with van der Waals surface area (Å²) in [6, 6.07) is 7.74. The van der Waals surface area contributed by atoms with Gasteiger partial charge in [0, 0.05) is 10.6 Å². The van der Waals surface area contributed by atoms with Crippen LogP contribution in [-0.4, -0.2) is 10.9 Å². The Balaban J connectivity index is 1.77. The zero-order chi connectivity index (χ0) is 14.7. The topological polar surface area (TPSA) is 42.0 Å². The van der Waals surface area contributed by atoms with Crippen molar-refractivity contribution in [2.24, 2.45) is 0 Å². The van der Waals surface area contributed by atoms with E-state index in [1.807, 2.05) is 25.1 Å². The fourth-order valence-electron chi connectivity index (χ4n) is 2.75. The molecule has 0 spiro atoms. The van der Waals surface area contributed by atoms with Crippen molar-refractivity contribution < 1.29 is 4.79 Å². The summed E-state index contributed by atoms with van der Waals surface area (Å²) in [5.74, 6) is 0.589. The highest BCUT2D eigenvalue weighted by Gasteiger charge is 2.16. The summed E-state index contributed by atoms with van der Waals surface area (Å²) in [6.07, 6.45) is 7.34. The molecule has 1 amide bonds. The van der Waals surface area contributed by atoms with Gasteiger partial charge in [0.05, 0.1) is 4.88 Å². The van der Waals surface area contributed by atoms with E-state index in [9.17, 15) is 4.79 Å². The van der Waals surface area contributed by atoms with Crippen molar-refractivity contribution in [2.75, 3.05) is 5.32 Å². The second-order valence-electron chi connectivity index (χ2n) is 5.59. The molecule has 0 fully saturated rings. The van der Waals surface area contributed by atoms with E-state index >= 15 is 0 Å². The van der Waals surface area contributed by atoms with Crippen LogP contribution in [0.25, 0.3) is 0 Å². The molecular weight excluding hydrogens is 280 g/mol. The SMILES string of the molecule is Cc1cccc(NC(=O)c2cc3c(s2)CCCCCC3)n1. The first-order valence-electron chi connectivity index (χ1n) is 7.59. The molecule has 0 bridgehead atoms. The molecule has 0 radical (unpaired) electrons. The summed E-state index contributed by atoms with van der Waals surface area (Å²) in [4.78, 5) is 18.9. The standard InChI is InChI=1S/C17H20N2OS/c1-12-7-6-10-16(18-12)19-17(20)15-11-13-8-4-2-3-5-9-14(13)21-15/h6-7,10-11H,2-5,8-9H2,1H3,(H,18,19,20). The fourth-order valence-corrected chi connectivity index (χ4v) is 3.90. The van der Waals surface area contributed by atoms with Gasteiger partial charge in [-0.3, -0.25) is 4.79 Å². The molecule has 1 N–H and O–H groups in total. The van der Waals surface area contributed by atoms with Crippen LogP contribution in [0.2, 0.25) is 0 Å². The number of carbonyl (C=O) groups excluding carboxylic acids is 1. The third kappa shape index (κ3) is 3.50. The summed E-state index contributed by atoms with van der Waals surface area (Å²) in [6.45, 7) is 1.92. The number of aromatic nitrogens is 1. The quantitative estimate of drug-likeness (QED) is 0.895. The van der Waals surface area contributed by atoms with Gasteiger partial charge in [-0.05, 0) is 56.4 Å². The second kappa shape index (κ2) is 6.39. The van der Waals surface area contributed by atoms with Crippen molar-refractivity contribution in [1.29, 1.82) is 0 Å². The van der Waals surface area contributed by atoms with E-state index in [1.165, 1.54) is 36.1 Å². The summed E-state index contributed by atoms with van der Waals surface area (Å²) in [7, 11) is 0. The Morgan fingerprint density at radius 1 is 1.19 bits per heavy atom. The molecule has 21 heavy (non-hydrogen) atoms. The molecular formula is C17H20N2OS. The number of pyridine rings is 1. The van der Waals surface area contributed by atoms with Crippen LogP contribution in [0.4, 0.5) is 5.82 Å². The van der Waals surface area contributed by atoms with Crippen molar-refractivity contribution in [2.45, 2.75) is 45.4 Å². The minimum absolute atomic E-state index is 0.0372. The molecule has 2 aromatic heterocycles. The smallest absolute Gasteiger partial charge is 0.266 e. The highest BCUT2D eigenvalue weighted by molar-refractivity contribution is 7.14. The van der Waals surface area contributed by atoms with E-state index < -0.39 is 0 Å². The molecule has 0 unspecified atom stereocenters. The number of thiophene rings is 1. The number of nitrogens with one attached hydrogen (secondary N) is 1. The predicted octanol–water partition coefficient (Wildman–Crippen LogP) is 4.36. The first-order chi connectivity index (χ1) is 10.2. The molecule has 3 nitrogen and oxygen atoms in total. The van der Waals surface area contributed by atoms with Crippen molar-refractivity contribution >= 4 is 23.1 Å². The van der Waals surface area contributed by atoms with Gasteiger partial charge < -0.3 is 5.32 Å². The molecule has 0 aromatic carbocycles. The Morgan fingerprint density at radius 2 is 2.00 bits per heavy atom. The van der Waals surface area contributed by atoms with Crippen LogP contribution in [0.3, 0.4) is 0 Å². The number of amides is 1. The van der Waals surface area contributed by atoms with Gasteiger partial charge in [0.2, 0.25) is 0 Å². The van der Waals surface area contributed by atoms with E-state index in [4.69, 9.17) is 0 Å². The average Bonchev–Trinajstić information content (AvgIpc) is 2.81. The number of anilines is 1. The first-order valence-corrected chi connectivity index (χ1v) is 8.40. The summed E-state index contributed by atoms with van der Waals surface area (Å²) >= 11 is 1.65. The van der Waals surface area contributed by atoms with Crippen LogP contribution < -0.4 is 5.32 Å². The van der Waals surface area contributed by atoms with E-state index in [1.54, 1.807) is 11.3 Å². The third-order valence-corrected chi connectivity index (χ3v) is 5.09. The van der Waals surface area contributed by atoms with E-state index in [-0.39, 0.29) is 5.91 Å². The summed E-state index contributed by atoms with van der Waals surface area (Å²) in [5.41, 5.74) is 2.29. The van der Waals surface area contributed by atoms with Crippen LogP contribution in [0.15, 0.2) is 24.3 Å². The minimum atomic E-state index is -0.0372. The molecule has 0 saturated heterocycles. The van der Waals surface area contributed by atoms with Crippen LogP contribution in [0, 0.1) is 6.92 Å². The molecule has 0 atom stereocenters. The number of fused-ring (bicyclic) bond motifs is 1. The van der Waals surface area contributed by atoms with Crippen LogP contribution in [-0.2, 0) is 12.8 Å². The number of hydrogen-bond donors (Lipinski definition) is 1. The van der Waals surface area contributed by atoms with Gasteiger partial charge in [-0.25, -0.2) is 4.98 Å². The molecule has 3 rings (SSSR count). The molecule has 1 aliphatic carbocycles. The maximum absolute atomic E-state index is 12.4. The van der Waals surface area contributed by atoms with Gasteiger partial charge in [-0.15, -0.1) is 11.3 Å².